The van der Waals surface area contributed by atoms with Crippen molar-refractivity contribution in [3.05, 3.63) is 35.4 Å². The molecule has 0 nitrogen and oxygen atoms in total. The van der Waals surface area contributed by atoms with Gasteiger partial charge >= 0.3 is 0 Å². The van der Waals surface area contributed by atoms with Gasteiger partial charge in [-0.25, -0.2) is 0 Å². The first-order valence-corrected chi connectivity index (χ1v) is 5.72. The Morgan fingerprint density at radius 2 is 1.57 bits per heavy atom. The van der Waals surface area contributed by atoms with Crippen LogP contribution in [0.2, 0.25) is 0 Å². The first-order valence-electron chi connectivity index (χ1n) is 5.72. The van der Waals surface area contributed by atoms with Gasteiger partial charge < -0.3 is 0 Å². The zero-order chi connectivity index (χ0) is 11.0. The van der Waals surface area contributed by atoms with Crippen LogP contribution in [-0.4, -0.2) is 0 Å². The van der Waals surface area contributed by atoms with Gasteiger partial charge in [-0.05, 0) is 30.4 Å². The summed E-state index contributed by atoms with van der Waals surface area (Å²) in [6, 6.07) is 8.63. The average molecular weight is 192 g/mol. The molecule has 0 radical (unpaired) electrons. The molecule has 0 aromatic heterocycles. The van der Waals surface area contributed by atoms with Crippen LogP contribution in [0.25, 0.3) is 0 Å². The molecule has 0 fully saturated rings. The average Bonchev–Trinajstić information content (AvgIpc) is 2.19. The Morgan fingerprint density at radius 1 is 1.07 bits per heavy atom. The van der Waals surface area contributed by atoms with Gasteiger partial charge in [-0.3, -0.25) is 0 Å². The Morgan fingerprint density at radius 3 is 2.00 bits per heavy atom. The molecule has 0 aliphatic carbocycles. The molecule has 0 spiro atoms. The molecular weight excluding hydrogens is 168 g/mol. The van der Waals surface area contributed by atoms with E-state index in [2.05, 4.69) is 58.9 Å². The minimum Gasteiger partial charge on any atom is -0.0656 e. The van der Waals surface area contributed by atoms with Gasteiger partial charge in [0.2, 0.25) is 0 Å². The molecule has 0 aliphatic heterocycles. The predicted molar refractivity (Wildman–Crippen MR) is 65.9 cm³/mol. The Labute approximate surface area is 89.4 Å². The molecule has 80 valence electrons. The molecule has 1 aromatic carbocycles. The third-order valence-corrected chi connectivity index (χ3v) is 2.33. The third kappa shape index (κ3) is 4.45. The summed E-state index contributed by atoms with van der Waals surface area (Å²) < 4.78 is 0. The fraction of sp³-hybridized carbons (Fsp3) is 0.571. The maximum absolute atomic E-state index is 2.28. The Balaban J connectivity index is 0.000000500. The summed E-state index contributed by atoms with van der Waals surface area (Å²) >= 11 is 0. The van der Waals surface area contributed by atoms with Crippen molar-refractivity contribution in [3.8, 4) is 0 Å². The van der Waals surface area contributed by atoms with Gasteiger partial charge in [0.1, 0.15) is 0 Å². The van der Waals surface area contributed by atoms with Crippen LogP contribution in [0, 0.1) is 6.92 Å². The lowest BCUT2D eigenvalue weighted by atomic mass is 9.95. The van der Waals surface area contributed by atoms with Crippen molar-refractivity contribution in [2.24, 2.45) is 0 Å². The van der Waals surface area contributed by atoms with Gasteiger partial charge in [0.05, 0.1) is 0 Å². The van der Waals surface area contributed by atoms with Crippen LogP contribution < -0.4 is 0 Å². The molecule has 0 aliphatic rings. The highest BCUT2D eigenvalue weighted by molar-refractivity contribution is 5.28. The maximum atomic E-state index is 2.28. The number of rotatable bonds is 2. The van der Waals surface area contributed by atoms with E-state index in [-0.39, 0.29) is 0 Å². The fourth-order valence-electron chi connectivity index (χ4n) is 1.36. The largest absolute Gasteiger partial charge is 0.0656 e. The van der Waals surface area contributed by atoms with Crippen LogP contribution in [0.4, 0.5) is 0 Å². The number of hydrogen-bond acceptors (Lipinski definition) is 0. The van der Waals surface area contributed by atoms with Gasteiger partial charge in [0, 0.05) is 0 Å². The molecule has 1 unspecified atom stereocenters. The molecule has 0 saturated carbocycles. The summed E-state index contributed by atoms with van der Waals surface area (Å²) in [6.45, 7) is 10.9. The van der Waals surface area contributed by atoms with Gasteiger partial charge in [0.25, 0.3) is 0 Å². The summed E-state index contributed by atoms with van der Waals surface area (Å²) in [6.07, 6.45) is 2.48. The number of hydrogen-bond donors (Lipinski definition) is 0. The lowest BCUT2D eigenvalue weighted by molar-refractivity contribution is 0.728. The molecule has 1 aromatic rings. The van der Waals surface area contributed by atoms with E-state index in [4.69, 9.17) is 0 Å². The molecule has 1 atom stereocenters. The monoisotopic (exact) mass is 192 g/mol. The summed E-state index contributed by atoms with van der Waals surface area (Å²) in [7, 11) is 0. The van der Waals surface area contributed by atoms with Gasteiger partial charge in [-0.1, -0.05) is 58.4 Å². The number of benzene rings is 1. The minimum absolute atomic E-state index is 0.705. The number of aryl methyl sites for hydroxylation is 1. The molecule has 14 heavy (non-hydrogen) atoms. The van der Waals surface area contributed by atoms with Crippen molar-refractivity contribution in [1.29, 1.82) is 0 Å². The second-order valence-corrected chi connectivity index (χ2v) is 3.87. The van der Waals surface area contributed by atoms with E-state index >= 15 is 0 Å². The van der Waals surface area contributed by atoms with E-state index in [0.29, 0.717) is 5.92 Å². The molecule has 0 heteroatoms. The van der Waals surface area contributed by atoms with E-state index in [9.17, 15) is 0 Å². The highest BCUT2D eigenvalue weighted by Crippen LogP contribution is 2.21. The fourth-order valence-corrected chi connectivity index (χ4v) is 1.36. The Kier molecular flexibility index (Phi) is 7.18. The molecular formula is C14H24. The summed E-state index contributed by atoms with van der Waals surface area (Å²) in [5.74, 6) is 0.705. The summed E-state index contributed by atoms with van der Waals surface area (Å²) in [5.41, 5.74) is 2.91. The van der Waals surface area contributed by atoms with E-state index in [1.807, 2.05) is 0 Å². The topological polar surface area (TPSA) is 0 Å². The first-order chi connectivity index (χ1) is 6.67. The Bertz CT molecular complexity index is 238. The molecule has 0 heterocycles. The summed E-state index contributed by atoms with van der Waals surface area (Å²) in [5, 5.41) is 0. The highest BCUT2D eigenvalue weighted by atomic mass is 14.1. The van der Waals surface area contributed by atoms with Crippen LogP contribution in [0.15, 0.2) is 24.3 Å². The highest BCUT2D eigenvalue weighted by Gasteiger charge is 2.03. The van der Waals surface area contributed by atoms with Crippen molar-refractivity contribution in [3.63, 3.8) is 0 Å². The van der Waals surface area contributed by atoms with E-state index < -0.39 is 0 Å². The van der Waals surface area contributed by atoms with Crippen LogP contribution in [-0.2, 0) is 0 Å². The lowest BCUT2D eigenvalue weighted by Crippen LogP contribution is -1.93. The van der Waals surface area contributed by atoms with Crippen LogP contribution in [0.3, 0.4) is 0 Å². The van der Waals surface area contributed by atoms with Crippen molar-refractivity contribution < 1.29 is 0 Å². The van der Waals surface area contributed by atoms with Crippen molar-refractivity contribution in [2.75, 3.05) is 0 Å². The second-order valence-electron chi connectivity index (χ2n) is 3.87. The van der Waals surface area contributed by atoms with Crippen molar-refractivity contribution in [1.82, 2.24) is 0 Å². The second kappa shape index (κ2) is 7.61. The van der Waals surface area contributed by atoms with Crippen LogP contribution in [0.5, 0.6) is 0 Å². The smallest absolute Gasteiger partial charge is 0.0190 e. The van der Waals surface area contributed by atoms with E-state index in [0.717, 1.165) is 0 Å². The van der Waals surface area contributed by atoms with Crippen LogP contribution in [0.1, 0.15) is 57.6 Å². The van der Waals surface area contributed by atoms with Gasteiger partial charge in [0.15, 0.2) is 0 Å². The third-order valence-electron chi connectivity index (χ3n) is 2.33. The minimum atomic E-state index is 0.705. The molecule has 0 amide bonds. The van der Waals surface area contributed by atoms with Crippen LogP contribution >= 0.6 is 0 Å². The predicted octanol–water partition coefficient (Wildman–Crippen LogP) is 4.92. The Hall–Kier alpha value is -0.780. The maximum Gasteiger partial charge on any atom is -0.0190 e. The molecule has 0 bridgehead atoms. The van der Waals surface area contributed by atoms with E-state index in [1.54, 1.807) is 0 Å². The van der Waals surface area contributed by atoms with Gasteiger partial charge in [-0.15, -0.1) is 0 Å². The zero-order valence-electron chi connectivity index (χ0n) is 10.3. The first kappa shape index (κ1) is 13.2. The lowest BCUT2D eigenvalue weighted by Gasteiger charge is -2.11. The standard InChI is InChI=1S/C11H16.C3H8/c1-4-9(2)11-8-6-5-7-10(11)3;1-3-2/h5-9H,4H2,1-3H3;3H2,1-2H3. The summed E-state index contributed by atoms with van der Waals surface area (Å²) in [4.78, 5) is 0. The SMILES string of the molecule is CCC.CCC(C)c1ccccc1C. The quantitative estimate of drug-likeness (QED) is 0.623. The normalized spacial score (nSPS) is 11.5. The molecule has 0 N–H and O–H groups in total. The van der Waals surface area contributed by atoms with E-state index in [1.165, 1.54) is 24.0 Å². The van der Waals surface area contributed by atoms with Crippen molar-refractivity contribution >= 4 is 0 Å². The molecule has 1 rings (SSSR count). The zero-order valence-corrected chi connectivity index (χ0v) is 10.3. The molecule has 0 saturated heterocycles. The van der Waals surface area contributed by atoms with Gasteiger partial charge in [-0.2, -0.15) is 0 Å². The van der Waals surface area contributed by atoms with Crippen molar-refractivity contribution in [2.45, 2.75) is 53.4 Å².